The third-order valence-corrected chi connectivity index (χ3v) is 2.72. The number of amides is 1. The molecule has 1 aromatic rings. The average molecular weight is 271 g/mol. The first kappa shape index (κ1) is 15.9. The molecule has 0 saturated heterocycles. The Morgan fingerprint density at radius 2 is 2.00 bits per heavy atom. The van der Waals surface area contributed by atoms with Crippen LogP contribution >= 0.6 is 0 Å². The molecule has 0 saturated carbocycles. The lowest BCUT2D eigenvalue weighted by Gasteiger charge is -2.28. The van der Waals surface area contributed by atoms with E-state index in [1.54, 1.807) is 24.4 Å². The van der Waals surface area contributed by atoms with Gasteiger partial charge in [0.2, 0.25) is 5.91 Å². The fraction of sp³-hybridized carbons (Fsp3) is 0.250. The number of hydrogen-bond acceptors (Lipinski definition) is 3. The van der Waals surface area contributed by atoms with Gasteiger partial charge in [0.25, 0.3) is 0 Å². The lowest BCUT2D eigenvalue weighted by atomic mass is 10.2. The Kier molecular flexibility index (Phi) is 7.00. The minimum Gasteiger partial charge on any atom is -0.337 e. The average Bonchev–Trinajstić information content (AvgIpc) is 2.45. The van der Waals surface area contributed by atoms with Crippen LogP contribution in [0.15, 0.2) is 62.4 Å². The molecule has 20 heavy (non-hydrogen) atoms. The summed E-state index contributed by atoms with van der Waals surface area (Å²) in [6.07, 6.45) is 6.94. The number of nitrogens with one attached hydrogen (secondary N) is 1. The van der Waals surface area contributed by atoms with Crippen LogP contribution in [0.5, 0.6) is 0 Å². The molecule has 1 atom stereocenters. The Bertz CT molecular complexity index is 446. The summed E-state index contributed by atoms with van der Waals surface area (Å²) in [6, 6.07) is 5.51. The maximum absolute atomic E-state index is 12.0. The lowest BCUT2D eigenvalue weighted by molar-refractivity contribution is -0.121. The molecule has 106 valence electrons. The van der Waals surface area contributed by atoms with E-state index in [0.717, 1.165) is 5.69 Å². The van der Waals surface area contributed by atoms with Crippen LogP contribution in [0, 0.1) is 0 Å². The Hall–Kier alpha value is -2.20. The molecular weight excluding hydrogens is 250 g/mol. The van der Waals surface area contributed by atoms with Crippen LogP contribution in [0.2, 0.25) is 0 Å². The Morgan fingerprint density at radius 3 is 2.50 bits per heavy atom. The van der Waals surface area contributed by atoms with E-state index in [9.17, 15) is 4.79 Å². The van der Waals surface area contributed by atoms with Crippen molar-refractivity contribution in [2.24, 2.45) is 0 Å². The molecule has 0 aliphatic rings. The van der Waals surface area contributed by atoms with E-state index in [1.807, 2.05) is 23.1 Å². The van der Waals surface area contributed by atoms with Gasteiger partial charge in [0.1, 0.15) is 6.17 Å². The fourth-order valence-corrected chi connectivity index (χ4v) is 1.82. The van der Waals surface area contributed by atoms with Gasteiger partial charge in [0, 0.05) is 25.0 Å². The molecule has 1 aromatic heterocycles. The van der Waals surface area contributed by atoms with Crippen LogP contribution in [-0.2, 0) is 11.2 Å². The number of pyridine rings is 1. The van der Waals surface area contributed by atoms with Gasteiger partial charge in [-0.1, -0.05) is 30.9 Å². The summed E-state index contributed by atoms with van der Waals surface area (Å²) in [6.45, 7) is 12.5. The van der Waals surface area contributed by atoms with Crippen LogP contribution in [0.3, 0.4) is 0 Å². The van der Waals surface area contributed by atoms with E-state index >= 15 is 0 Å². The molecule has 0 aliphatic heterocycles. The summed E-state index contributed by atoms with van der Waals surface area (Å²) in [5.74, 6) is -0.0910. The largest absolute Gasteiger partial charge is 0.337 e. The molecular formula is C16H21N3O. The number of rotatable bonds is 9. The van der Waals surface area contributed by atoms with Crippen LogP contribution < -0.4 is 5.32 Å². The highest BCUT2D eigenvalue weighted by Gasteiger charge is 2.15. The van der Waals surface area contributed by atoms with Crippen LogP contribution in [-0.4, -0.2) is 35.0 Å². The summed E-state index contributed by atoms with van der Waals surface area (Å²) < 4.78 is 0. The van der Waals surface area contributed by atoms with Crippen molar-refractivity contribution in [3.8, 4) is 0 Å². The number of carbonyl (C=O) groups excluding carboxylic acids is 1. The van der Waals surface area contributed by atoms with Crippen molar-refractivity contribution in [1.29, 1.82) is 0 Å². The lowest BCUT2D eigenvalue weighted by Crippen LogP contribution is -2.47. The summed E-state index contributed by atoms with van der Waals surface area (Å²) >= 11 is 0. The van der Waals surface area contributed by atoms with Crippen LogP contribution in [0.4, 0.5) is 0 Å². The summed E-state index contributed by atoms with van der Waals surface area (Å²) in [5.41, 5.74) is 0.742. The van der Waals surface area contributed by atoms with E-state index < -0.39 is 0 Å². The maximum Gasteiger partial charge on any atom is 0.227 e. The molecule has 4 heteroatoms. The topological polar surface area (TPSA) is 45.2 Å². The van der Waals surface area contributed by atoms with Gasteiger partial charge in [-0.25, -0.2) is 0 Å². The second kappa shape index (κ2) is 8.82. The Morgan fingerprint density at radius 1 is 1.30 bits per heavy atom. The minimum absolute atomic E-state index is 0.0910. The van der Waals surface area contributed by atoms with E-state index in [1.165, 1.54) is 0 Å². The summed E-state index contributed by atoms with van der Waals surface area (Å²) in [5, 5.41) is 2.92. The second-order valence-electron chi connectivity index (χ2n) is 4.28. The highest BCUT2D eigenvalue weighted by Crippen LogP contribution is 2.01. The van der Waals surface area contributed by atoms with Gasteiger partial charge in [-0.3, -0.25) is 14.7 Å². The quantitative estimate of drug-likeness (QED) is 0.551. The monoisotopic (exact) mass is 271 g/mol. The predicted molar refractivity (Wildman–Crippen MR) is 82.0 cm³/mol. The van der Waals surface area contributed by atoms with Crippen molar-refractivity contribution in [2.75, 3.05) is 13.1 Å². The zero-order valence-corrected chi connectivity index (χ0v) is 11.7. The van der Waals surface area contributed by atoms with Crippen molar-refractivity contribution in [2.45, 2.75) is 12.6 Å². The minimum atomic E-state index is -0.248. The molecule has 0 radical (unpaired) electrons. The van der Waals surface area contributed by atoms with Crippen molar-refractivity contribution >= 4 is 5.91 Å². The third-order valence-electron chi connectivity index (χ3n) is 2.72. The smallest absolute Gasteiger partial charge is 0.227 e. The molecule has 0 bridgehead atoms. The van der Waals surface area contributed by atoms with Crippen LogP contribution in [0.1, 0.15) is 5.69 Å². The highest BCUT2D eigenvalue weighted by atomic mass is 16.1. The van der Waals surface area contributed by atoms with Gasteiger partial charge >= 0.3 is 0 Å². The number of hydrogen-bond donors (Lipinski definition) is 1. The molecule has 1 N–H and O–H groups in total. The summed E-state index contributed by atoms with van der Waals surface area (Å²) in [7, 11) is 0. The molecule has 0 aliphatic carbocycles. The Balaban J connectivity index is 2.62. The molecule has 1 heterocycles. The molecule has 0 aromatic carbocycles. The number of nitrogens with zero attached hydrogens (tertiary/aromatic N) is 2. The number of aromatic nitrogens is 1. The Labute approximate surface area is 120 Å². The SMILES string of the molecule is C=CCN(CC=C)C(C=C)NC(=O)Cc1ccccn1. The normalized spacial score (nSPS) is 11.7. The van der Waals surface area contributed by atoms with Gasteiger partial charge in [-0.05, 0) is 12.1 Å². The van der Waals surface area contributed by atoms with Gasteiger partial charge in [0.05, 0.1) is 6.42 Å². The van der Waals surface area contributed by atoms with Gasteiger partial charge in [-0.2, -0.15) is 0 Å². The first-order valence-electron chi connectivity index (χ1n) is 6.49. The van der Waals surface area contributed by atoms with Gasteiger partial charge < -0.3 is 5.32 Å². The standard InChI is InChI=1S/C16H21N3O/c1-4-11-19(12-5-2)15(6-3)18-16(20)13-14-9-7-8-10-17-14/h4-10,15H,1-3,11-13H2,(H,18,20). The maximum atomic E-state index is 12.0. The first-order valence-corrected chi connectivity index (χ1v) is 6.49. The van der Waals surface area contributed by atoms with E-state index in [-0.39, 0.29) is 18.5 Å². The van der Waals surface area contributed by atoms with E-state index in [0.29, 0.717) is 13.1 Å². The zero-order chi connectivity index (χ0) is 14.8. The van der Waals surface area contributed by atoms with E-state index in [2.05, 4.69) is 30.0 Å². The zero-order valence-electron chi connectivity index (χ0n) is 11.7. The second-order valence-corrected chi connectivity index (χ2v) is 4.28. The first-order chi connectivity index (χ1) is 9.71. The third kappa shape index (κ3) is 5.20. The van der Waals surface area contributed by atoms with Crippen LogP contribution in [0.25, 0.3) is 0 Å². The van der Waals surface area contributed by atoms with Crippen molar-refractivity contribution in [3.63, 3.8) is 0 Å². The molecule has 1 unspecified atom stereocenters. The highest BCUT2D eigenvalue weighted by molar-refractivity contribution is 5.78. The number of carbonyl (C=O) groups is 1. The van der Waals surface area contributed by atoms with Gasteiger partial charge in [0.15, 0.2) is 0 Å². The predicted octanol–water partition coefficient (Wildman–Crippen LogP) is 1.93. The fourth-order valence-electron chi connectivity index (χ4n) is 1.82. The molecule has 0 spiro atoms. The van der Waals surface area contributed by atoms with Crippen molar-refractivity contribution in [3.05, 3.63) is 68.1 Å². The summed E-state index contributed by atoms with van der Waals surface area (Å²) in [4.78, 5) is 18.2. The van der Waals surface area contributed by atoms with E-state index in [4.69, 9.17) is 0 Å². The van der Waals surface area contributed by atoms with Crippen molar-refractivity contribution in [1.82, 2.24) is 15.2 Å². The van der Waals surface area contributed by atoms with Crippen molar-refractivity contribution < 1.29 is 4.79 Å². The molecule has 4 nitrogen and oxygen atoms in total. The van der Waals surface area contributed by atoms with Gasteiger partial charge in [-0.15, -0.1) is 13.2 Å². The molecule has 0 fully saturated rings. The molecule has 1 rings (SSSR count). The molecule has 1 amide bonds.